The fraction of sp³-hybridized carbons (Fsp3) is 0.636. The molecule has 0 radical (unpaired) electrons. The van der Waals surface area contributed by atoms with Crippen molar-refractivity contribution >= 4 is 11.7 Å². The predicted octanol–water partition coefficient (Wildman–Crippen LogP) is 1.12. The maximum absolute atomic E-state index is 10.5. The maximum Gasteiger partial charge on any atom is 0.304 e. The second-order valence-electron chi connectivity index (χ2n) is 3.80. The van der Waals surface area contributed by atoms with Gasteiger partial charge in [-0.25, -0.2) is 0 Å². The Kier molecular flexibility index (Phi) is 4.98. The summed E-state index contributed by atoms with van der Waals surface area (Å²) in [6, 6.07) is 0. The number of carboxylic acid groups (broad SMARTS) is 1. The molecule has 0 amide bonds. The van der Waals surface area contributed by atoms with Crippen LogP contribution in [0.3, 0.4) is 0 Å². The third-order valence-electron chi connectivity index (χ3n) is 2.56. The van der Waals surface area contributed by atoms with Crippen molar-refractivity contribution in [2.24, 2.45) is 5.16 Å². The van der Waals surface area contributed by atoms with E-state index in [0.29, 0.717) is 6.54 Å². The Morgan fingerprint density at radius 3 is 3.06 bits per heavy atom. The van der Waals surface area contributed by atoms with Gasteiger partial charge in [0.05, 0.1) is 12.1 Å². The van der Waals surface area contributed by atoms with Crippen LogP contribution in [0.2, 0.25) is 0 Å². The van der Waals surface area contributed by atoms with Crippen LogP contribution in [0.5, 0.6) is 0 Å². The Balaban J connectivity index is 2.49. The lowest BCUT2D eigenvalue weighted by atomic mass is 10.1. The lowest BCUT2D eigenvalue weighted by Gasteiger charge is -2.26. The Bertz CT molecular complexity index is 310. The fourth-order valence-electron chi connectivity index (χ4n) is 1.71. The van der Waals surface area contributed by atoms with Crippen LogP contribution in [0.15, 0.2) is 16.8 Å². The molecule has 0 fully saturated rings. The molecular formula is C11H18N2O3. The van der Waals surface area contributed by atoms with E-state index >= 15 is 0 Å². The van der Waals surface area contributed by atoms with Crippen molar-refractivity contribution in [3.63, 3.8) is 0 Å². The summed E-state index contributed by atoms with van der Waals surface area (Å²) in [6.07, 6.45) is 3.26. The van der Waals surface area contributed by atoms with Crippen LogP contribution >= 0.6 is 0 Å². The normalized spacial score (nSPS) is 18.1. The first-order valence-electron chi connectivity index (χ1n) is 5.34. The number of oxime groups is 1. The Hall–Kier alpha value is -1.36. The first kappa shape index (κ1) is 12.7. The monoisotopic (exact) mass is 226 g/mol. The van der Waals surface area contributed by atoms with Crippen molar-refractivity contribution in [3.8, 4) is 0 Å². The molecule has 1 aliphatic rings. The van der Waals surface area contributed by atoms with Crippen molar-refractivity contribution in [1.82, 2.24) is 4.90 Å². The number of hydrogen-bond acceptors (Lipinski definition) is 4. The summed E-state index contributed by atoms with van der Waals surface area (Å²) < 4.78 is 0. The molecular weight excluding hydrogens is 208 g/mol. The molecule has 0 saturated carbocycles. The lowest BCUT2D eigenvalue weighted by molar-refractivity contribution is -0.137. The minimum atomic E-state index is -0.751. The van der Waals surface area contributed by atoms with E-state index in [-0.39, 0.29) is 6.42 Å². The van der Waals surface area contributed by atoms with Gasteiger partial charge in [0.1, 0.15) is 7.11 Å². The van der Waals surface area contributed by atoms with Gasteiger partial charge in [0.15, 0.2) is 0 Å². The van der Waals surface area contributed by atoms with Gasteiger partial charge in [-0.1, -0.05) is 11.2 Å². The highest BCUT2D eigenvalue weighted by molar-refractivity contribution is 5.98. The summed E-state index contributed by atoms with van der Waals surface area (Å²) in [5.74, 6) is -0.751. The number of hydrogen-bond donors (Lipinski definition) is 1. The van der Waals surface area contributed by atoms with Crippen LogP contribution in [0.4, 0.5) is 0 Å². The van der Waals surface area contributed by atoms with E-state index in [4.69, 9.17) is 9.94 Å². The maximum atomic E-state index is 10.5. The van der Waals surface area contributed by atoms with Gasteiger partial charge in [-0.15, -0.1) is 0 Å². The molecule has 0 unspecified atom stereocenters. The molecule has 16 heavy (non-hydrogen) atoms. The highest BCUT2D eigenvalue weighted by Gasteiger charge is 2.15. The molecule has 0 bridgehead atoms. The number of carboxylic acids is 1. The molecule has 0 saturated heterocycles. The number of rotatable bonds is 5. The van der Waals surface area contributed by atoms with Crippen molar-refractivity contribution in [3.05, 3.63) is 11.6 Å². The van der Waals surface area contributed by atoms with E-state index in [0.717, 1.165) is 30.8 Å². The number of nitrogens with zero attached hydrogens (tertiary/aromatic N) is 2. The summed E-state index contributed by atoms with van der Waals surface area (Å²) in [5, 5.41) is 12.5. The zero-order valence-corrected chi connectivity index (χ0v) is 9.77. The summed E-state index contributed by atoms with van der Waals surface area (Å²) in [6.45, 7) is 4.16. The highest BCUT2D eigenvalue weighted by Crippen LogP contribution is 2.11. The minimum Gasteiger partial charge on any atom is -0.481 e. The summed E-state index contributed by atoms with van der Waals surface area (Å²) in [4.78, 5) is 17.3. The largest absolute Gasteiger partial charge is 0.481 e. The van der Waals surface area contributed by atoms with Crippen LogP contribution in [0.1, 0.15) is 19.8 Å². The van der Waals surface area contributed by atoms with Crippen molar-refractivity contribution < 1.29 is 14.7 Å². The molecule has 5 nitrogen and oxygen atoms in total. The van der Waals surface area contributed by atoms with Gasteiger partial charge in [-0.05, 0) is 18.9 Å². The molecule has 0 spiro atoms. The van der Waals surface area contributed by atoms with E-state index in [9.17, 15) is 4.79 Å². The van der Waals surface area contributed by atoms with E-state index in [1.807, 2.05) is 6.92 Å². The van der Waals surface area contributed by atoms with Gasteiger partial charge < -0.3 is 9.94 Å². The van der Waals surface area contributed by atoms with E-state index in [1.165, 1.54) is 7.11 Å². The van der Waals surface area contributed by atoms with Gasteiger partial charge in [0, 0.05) is 19.6 Å². The molecule has 0 aromatic rings. The van der Waals surface area contributed by atoms with Gasteiger partial charge >= 0.3 is 5.97 Å². The molecule has 0 aliphatic carbocycles. The summed E-state index contributed by atoms with van der Waals surface area (Å²) in [7, 11) is 1.52. The van der Waals surface area contributed by atoms with Gasteiger partial charge in [-0.3, -0.25) is 9.69 Å². The van der Waals surface area contributed by atoms with Crippen LogP contribution in [-0.2, 0) is 9.63 Å². The molecule has 1 rings (SSSR count). The average Bonchev–Trinajstić information content (AvgIpc) is 2.27. The second-order valence-corrected chi connectivity index (χ2v) is 3.80. The Labute approximate surface area is 95.4 Å². The second kappa shape index (κ2) is 6.27. The zero-order valence-electron chi connectivity index (χ0n) is 9.77. The van der Waals surface area contributed by atoms with Crippen molar-refractivity contribution in [2.75, 3.05) is 26.7 Å². The van der Waals surface area contributed by atoms with E-state index in [2.05, 4.69) is 16.1 Å². The predicted molar refractivity (Wildman–Crippen MR) is 61.5 cm³/mol. The molecule has 0 aromatic carbocycles. The van der Waals surface area contributed by atoms with E-state index in [1.54, 1.807) is 0 Å². The molecule has 90 valence electrons. The average molecular weight is 226 g/mol. The third-order valence-corrected chi connectivity index (χ3v) is 2.56. The fourth-order valence-corrected chi connectivity index (χ4v) is 1.71. The molecule has 1 N–H and O–H groups in total. The van der Waals surface area contributed by atoms with Crippen LogP contribution in [-0.4, -0.2) is 48.4 Å². The standard InChI is InChI=1S/C11H18N2O3/c1-9(12-16-2)10-4-3-6-13(8-10)7-5-11(14)15/h4H,3,5-8H2,1-2H3,(H,14,15). The van der Waals surface area contributed by atoms with Gasteiger partial charge in [-0.2, -0.15) is 0 Å². The first-order valence-corrected chi connectivity index (χ1v) is 5.34. The quantitative estimate of drug-likeness (QED) is 0.563. The number of aliphatic carboxylic acids is 1. The topological polar surface area (TPSA) is 62.1 Å². The highest BCUT2D eigenvalue weighted by atomic mass is 16.6. The zero-order chi connectivity index (χ0) is 12.0. The van der Waals surface area contributed by atoms with Crippen LogP contribution in [0, 0.1) is 0 Å². The minimum absolute atomic E-state index is 0.188. The number of carbonyl (C=O) groups is 1. The SMILES string of the molecule is CON=C(C)C1=CCCN(CCC(=O)O)C1. The Morgan fingerprint density at radius 2 is 2.44 bits per heavy atom. The molecule has 1 heterocycles. The third kappa shape index (κ3) is 4.02. The molecule has 5 heteroatoms. The van der Waals surface area contributed by atoms with Crippen LogP contribution < -0.4 is 0 Å². The molecule has 1 aliphatic heterocycles. The smallest absolute Gasteiger partial charge is 0.304 e. The molecule has 0 aromatic heterocycles. The summed E-state index contributed by atoms with van der Waals surface area (Å²) in [5.41, 5.74) is 1.99. The Morgan fingerprint density at radius 1 is 1.69 bits per heavy atom. The summed E-state index contributed by atoms with van der Waals surface area (Å²) >= 11 is 0. The first-order chi connectivity index (χ1) is 7.63. The van der Waals surface area contributed by atoms with Gasteiger partial charge in [0.25, 0.3) is 0 Å². The lowest BCUT2D eigenvalue weighted by Crippen LogP contribution is -2.33. The van der Waals surface area contributed by atoms with Gasteiger partial charge in [0.2, 0.25) is 0 Å². The van der Waals surface area contributed by atoms with Crippen molar-refractivity contribution in [2.45, 2.75) is 19.8 Å². The molecule has 0 atom stereocenters. The van der Waals surface area contributed by atoms with Crippen LogP contribution in [0.25, 0.3) is 0 Å². The van der Waals surface area contributed by atoms with Crippen molar-refractivity contribution in [1.29, 1.82) is 0 Å². The van der Waals surface area contributed by atoms with E-state index < -0.39 is 5.97 Å².